The van der Waals surface area contributed by atoms with Crippen LogP contribution >= 0.6 is 0 Å². The molecule has 1 aliphatic rings. The number of hydrogen-bond acceptors (Lipinski definition) is 3. The van der Waals surface area contributed by atoms with Crippen LogP contribution in [0.15, 0.2) is 0 Å². The minimum absolute atomic E-state index is 0.338. The van der Waals surface area contributed by atoms with Crippen LogP contribution in [0.3, 0.4) is 0 Å². The summed E-state index contributed by atoms with van der Waals surface area (Å²) in [6.07, 6.45) is 1.10. The number of rotatable bonds is 4. The van der Waals surface area contributed by atoms with Gasteiger partial charge in [-0.3, -0.25) is 4.90 Å². The Morgan fingerprint density at radius 3 is 2.79 bits per heavy atom. The molecule has 1 rings (SSSR count). The summed E-state index contributed by atoms with van der Waals surface area (Å²) in [5.74, 6) is 0.589. The highest BCUT2D eigenvalue weighted by molar-refractivity contribution is 4.74. The molecule has 2 atom stereocenters. The van der Waals surface area contributed by atoms with Gasteiger partial charge in [-0.25, -0.2) is 0 Å². The summed E-state index contributed by atoms with van der Waals surface area (Å²) in [4.78, 5) is 2.48. The van der Waals surface area contributed by atoms with Gasteiger partial charge in [0.1, 0.15) is 0 Å². The summed E-state index contributed by atoms with van der Waals surface area (Å²) in [5.41, 5.74) is 6.02. The monoisotopic (exact) mass is 200 g/mol. The van der Waals surface area contributed by atoms with Gasteiger partial charge in [-0.15, -0.1) is 0 Å². The van der Waals surface area contributed by atoms with E-state index in [-0.39, 0.29) is 0 Å². The fraction of sp³-hybridized carbons (Fsp3) is 1.00. The van der Waals surface area contributed by atoms with Gasteiger partial charge < -0.3 is 10.5 Å². The summed E-state index contributed by atoms with van der Waals surface area (Å²) in [7, 11) is 0. The lowest BCUT2D eigenvalue weighted by Gasteiger charge is -2.34. The zero-order chi connectivity index (χ0) is 10.6. The van der Waals surface area contributed by atoms with Crippen molar-refractivity contribution in [1.82, 2.24) is 4.90 Å². The maximum Gasteiger partial charge on any atom is 0.0619 e. The van der Waals surface area contributed by atoms with E-state index in [2.05, 4.69) is 25.7 Å². The molecule has 0 aromatic carbocycles. The second kappa shape index (κ2) is 5.69. The number of nitrogens with two attached hydrogens (primary N) is 1. The van der Waals surface area contributed by atoms with Crippen molar-refractivity contribution < 1.29 is 4.74 Å². The van der Waals surface area contributed by atoms with Crippen LogP contribution in [0.2, 0.25) is 0 Å². The molecular weight excluding hydrogens is 176 g/mol. The first-order valence-corrected chi connectivity index (χ1v) is 5.68. The van der Waals surface area contributed by atoms with Crippen molar-refractivity contribution >= 4 is 0 Å². The van der Waals surface area contributed by atoms with E-state index in [0.29, 0.717) is 18.0 Å². The van der Waals surface area contributed by atoms with E-state index >= 15 is 0 Å². The third-order valence-electron chi connectivity index (χ3n) is 3.11. The number of ether oxygens (including phenoxy) is 1. The van der Waals surface area contributed by atoms with Crippen LogP contribution in [0, 0.1) is 5.92 Å². The van der Waals surface area contributed by atoms with Gasteiger partial charge >= 0.3 is 0 Å². The van der Waals surface area contributed by atoms with Crippen LogP contribution in [0.4, 0.5) is 0 Å². The van der Waals surface area contributed by atoms with Crippen LogP contribution in [-0.2, 0) is 4.74 Å². The predicted molar refractivity (Wildman–Crippen MR) is 59.3 cm³/mol. The average molecular weight is 200 g/mol. The molecule has 0 aromatic rings. The van der Waals surface area contributed by atoms with Crippen LogP contribution in [0.25, 0.3) is 0 Å². The lowest BCUT2D eigenvalue weighted by atomic mass is 10.0. The van der Waals surface area contributed by atoms with E-state index < -0.39 is 0 Å². The highest BCUT2D eigenvalue weighted by atomic mass is 16.5. The topological polar surface area (TPSA) is 38.5 Å². The zero-order valence-corrected chi connectivity index (χ0v) is 9.70. The fourth-order valence-electron chi connectivity index (χ4n) is 1.74. The van der Waals surface area contributed by atoms with Gasteiger partial charge in [-0.05, 0) is 19.3 Å². The SMILES string of the molecule is CC(C)C(N)CCN1CCOCC1C. The molecule has 2 unspecified atom stereocenters. The molecule has 0 spiro atoms. The highest BCUT2D eigenvalue weighted by Gasteiger charge is 2.19. The summed E-state index contributed by atoms with van der Waals surface area (Å²) in [6, 6.07) is 0.896. The van der Waals surface area contributed by atoms with Crippen molar-refractivity contribution in [1.29, 1.82) is 0 Å². The number of morpholine rings is 1. The van der Waals surface area contributed by atoms with Crippen molar-refractivity contribution in [3.05, 3.63) is 0 Å². The van der Waals surface area contributed by atoms with E-state index in [0.717, 1.165) is 32.7 Å². The fourth-order valence-corrected chi connectivity index (χ4v) is 1.74. The maximum atomic E-state index is 6.02. The Bertz CT molecular complexity index is 161. The lowest BCUT2D eigenvalue weighted by Crippen LogP contribution is -2.45. The number of hydrogen-bond donors (Lipinski definition) is 1. The van der Waals surface area contributed by atoms with Gasteiger partial charge in [0.2, 0.25) is 0 Å². The van der Waals surface area contributed by atoms with Crippen molar-refractivity contribution in [2.24, 2.45) is 11.7 Å². The van der Waals surface area contributed by atoms with Crippen molar-refractivity contribution in [2.75, 3.05) is 26.3 Å². The molecule has 3 nitrogen and oxygen atoms in total. The first-order valence-electron chi connectivity index (χ1n) is 5.68. The van der Waals surface area contributed by atoms with Gasteiger partial charge in [0.15, 0.2) is 0 Å². The molecule has 0 radical (unpaired) electrons. The standard InChI is InChI=1S/C11H24N2O/c1-9(2)11(12)4-5-13-6-7-14-8-10(13)3/h9-11H,4-8,12H2,1-3H3. The van der Waals surface area contributed by atoms with Crippen molar-refractivity contribution in [3.63, 3.8) is 0 Å². The molecular formula is C11H24N2O. The Balaban J connectivity index is 2.22. The molecule has 2 N–H and O–H groups in total. The van der Waals surface area contributed by atoms with Gasteiger partial charge in [0, 0.05) is 25.2 Å². The molecule has 0 bridgehead atoms. The molecule has 1 aliphatic heterocycles. The lowest BCUT2D eigenvalue weighted by molar-refractivity contribution is -0.00183. The minimum atomic E-state index is 0.338. The number of nitrogens with zero attached hydrogens (tertiary/aromatic N) is 1. The second-order valence-electron chi connectivity index (χ2n) is 4.66. The van der Waals surface area contributed by atoms with E-state index in [1.54, 1.807) is 0 Å². The molecule has 84 valence electrons. The molecule has 14 heavy (non-hydrogen) atoms. The summed E-state index contributed by atoms with van der Waals surface area (Å²) < 4.78 is 5.39. The minimum Gasteiger partial charge on any atom is -0.379 e. The molecule has 1 heterocycles. The Labute approximate surface area is 87.6 Å². The Kier molecular flexibility index (Phi) is 4.85. The Hall–Kier alpha value is -0.120. The quantitative estimate of drug-likeness (QED) is 0.738. The van der Waals surface area contributed by atoms with E-state index in [1.807, 2.05) is 0 Å². The molecule has 0 aliphatic carbocycles. The van der Waals surface area contributed by atoms with Crippen LogP contribution in [0.1, 0.15) is 27.2 Å². The molecule has 0 amide bonds. The largest absolute Gasteiger partial charge is 0.379 e. The van der Waals surface area contributed by atoms with E-state index in [1.165, 1.54) is 0 Å². The summed E-state index contributed by atoms with van der Waals surface area (Å²) in [5, 5.41) is 0. The highest BCUT2D eigenvalue weighted by Crippen LogP contribution is 2.09. The first-order chi connectivity index (χ1) is 6.61. The molecule has 0 aromatic heterocycles. The molecule has 1 fully saturated rings. The average Bonchev–Trinajstić information content (AvgIpc) is 2.16. The van der Waals surface area contributed by atoms with Gasteiger partial charge in [-0.1, -0.05) is 13.8 Å². The third-order valence-corrected chi connectivity index (χ3v) is 3.11. The zero-order valence-electron chi connectivity index (χ0n) is 9.70. The van der Waals surface area contributed by atoms with Gasteiger partial charge in [-0.2, -0.15) is 0 Å². The second-order valence-corrected chi connectivity index (χ2v) is 4.66. The molecule has 3 heteroatoms. The van der Waals surface area contributed by atoms with Crippen LogP contribution in [0.5, 0.6) is 0 Å². The van der Waals surface area contributed by atoms with E-state index in [9.17, 15) is 0 Å². The van der Waals surface area contributed by atoms with Crippen molar-refractivity contribution in [3.8, 4) is 0 Å². The summed E-state index contributed by atoms with van der Waals surface area (Å²) >= 11 is 0. The van der Waals surface area contributed by atoms with Gasteiger partial charge in [0.05, 0.1) is 13.2 Å². The van der Waals surface area contributed by atoms with Crippen LogP contribution < -0.4 is 5.73 Å². The molecule has 1 saturated heterocycles. The van der Waals surface area contributed by atoms with Crippen LogP contribution in [-0.4, -0.2) is 43.3 Å². The Morgan fingerprint density at radius 1 is 1.50 bits per heavy atom. The first kappa shape index (κ1) is 12.0. The molecule has 0 saturated carbocycles. The maximum absolute atomic E-state index is 6.02. The Morgan fingerprint density at radius 2 is 2.21 bits per heavy atom. The van der Waals surface area contributed by atoms with Crippen molar-refractivity contribution in [2.45, 2.75) is 39.3 Å². The predicted octanol–water partition coefficient (Wildman–Crippen LogP) is 1.08. The third kappa shape index (κ3) is 3.56. The van der Waals surface area contributed by atoms with Gasteiger partial charge in [0.25, 0.3) is 0 Å². The normalized spacial score (nSPS) is 26.8. The smallest absolute Gasteiger partial charge is 0.0619 e. The van der Waals surface area contributed by atoms with E-state index in [4.69, 9.17) is 10.5 Å². The summed E-state index contributed by atoms with van der Waals surface area (Å²) in [6.45, 7) is 10.5.